The molecule has 18 heavy (non-hydrogen) atoms. The second-order valence-corrected chi connectivity index (χ2v) is 6.39. The van der Waals surface area contributed by atoms with Crippen molar-refractivity contribution in [2.45, 2.75) is 85.4 Å². The van der Waals surface area contributed by atoms with E-state index in [9.17, 15) is 4.79 Å². The fourth-order valence-corrected chi connectivity index (χ4v) is 2.50. The highest BCUT2D eigenvalue weighted by molar-refractivity contribution is 5.86. The maximum absolute atomic E-state index is 12.4. The molecule has 0 saturated carbocycles. The monoisotopic (exact) mass is 256 g/mol. The average Bonchev–Trinajstić information content (AvgIpc) is 2.14. The molecule has 2 N–H and O–H groups in total. The third-order valence-electron chi connectivity index (χ3n) is 3.02. The van der Waals surface area contributed by atoms with Crippen LogP contribution < -0.4 is 10.6 Å². The number of hydrogen-bond acceptors (Lipinski definition) is 2. The first-order valence-corrected chi connectivity index (χ1v) is 7.30. The Hall–Kier alpha value is -0.570. The number of rotatable bonds is 8. The number of nitrogens with one attached hydrogen (secondary N) is 2. The number of carbonyl (C=O) groups excluding carboxylic acids is 1. The Morgan fingerprint density at radius 2 is 1.72 bits per heavy atom. The summed E-state index contributed by atoms with van der Waals surface area (Å²) in [4.78, 5) is 12.4. The van der Waals surface area contributed by atoms with Crippen molar-refractivity contribution >= 4 is 5.91 Å². The van der Waals surface area contributed by atoms with E-state index in [-0.39, 0.29) is 11.9 Å². The average molecular weight is 256 g/mol. The lowest BCUT2D eigenvalue weighted by Gasteiger charge is -2.35. The zero-order chi connectivity index (χ0) is 14.3. The second-order valence-electron chi connectivity index (χ2n) is 6.39. The van der Waals surface area contributed by atoms with Crippen LogP contribution in [0, 0.1) is 5.92 Å². The first-order valence-electron chi connectivity index (χ1n) is 7.30. The number of amides is 1. The molecule has 3 nitrogen and oxygen atoms in total. The summed E-state index contributed by atoms with van der Waals surface area (Å²) in [5, 5.41) is 6.55. The van der Waals surface area contributed by atoms with Crippen LogP contribution in [-0.4, -0.2) is 23.5 Å². The molecule has 0 aromatic heterocycles. The Kier molecular flexibility index (Phi) is 7.53. The summed E-state index contributed by atoms with van der Waals surface area (Å²) in [5.74, 6) is 0.614. The molecule has 0 spiro atoms. The Morgan fingerprint density at radius 1 is 1.17 bits per heavy atom. The van der Waals surface area contributed by atoms with Gasteiger partial charge in [0.1, 0.15) is 0 Å². The molecule has 0 radical (unpaired) electrons. The zero-order valence-corrected chi connectivity index (χ0v) is 13.3. The van der Waals surface area contributed by atoms with Crippen LogP contribution in [0.2, 0.25) is 0 Å². The largest absolute Gasteiger partial charge is 0.352 e. The van der Waals surface area contributed by atoms with E-state index in [1.807, 2.05) is 20.8 Å². The minimum absolute atomic E-state index is 0.120. The number of carbonyl (C=O) groups is 1. The Bertz CT molecular complexity index is 251. The quantitative estimate of drug-likeness (QED) is 0.700. The van der Waals surface area contributed by atoms with Crippen molar-refractivity contribution in [3.63, 3.8) is 0 Å². The van der Waals surface area contributed by atoms with Crippen molar-refractivity contribution in [1.29, 1.82) is 0 Å². The van der Waals surface area contributed by atoms with Gasteiger partial charge in [-0.15, -0.1) is 0 Å². The van der Waals surface area contributed by atoms with E-state index in [2.05, 4.69) is 38.3 Å². The van der Waals surface area contributed by atoms with Crippen molar-refractivity contribution in [2.24, 2.45) is 5.92 Å². The zero-order valence-electron chi connectivity index (χ0n) is 13.3. The van der Waals surface area contributed by atoms with Crippen molar-refractivity contribution in [1.82, 2.24) is 10.6 Å². The van der Waals surface area contributed by atoms with Gasteiger partial charge in [-0.2, -0.15) is 0 Å². The molecule has 1 amide bonds. The Morgan fingerprint density at radius 3 is 2.11 bits per heavy atom. The van der Waals surface area contributed by atoms with Crippen molar-refractivity contribution in [3.8, 4) is 0 Å². The molecule has 0 fully saturated rings. The summed E-state index contributed by atoms with van der Waals surface area (Å²) in [7, 11) is 0. The summed E-state index contributed by atoms with van der Waals surface area (Å²) in [6, 6.07) is 0.559. The molecule has 0 bridgehead atoms. The molecule has 2 unspecified atom stereocenters. The van der Waals surface area contributed by atoms with E-state index in [0.717, 1.165) is 19.3 Å². The topological polar surface area (TPSA) is 41.1 Å². The third-order valence-corrected chi connectivity index (χ3v) is 3.02. The summed E-state index contributed by atoms with van der Waals surface area (Å²) in [6.45, 7) is 14.7. The lowest BCUT2D eigenvalue weighted by molar-refractivity contribution is -0.128. The van der Waals surface area contributed by atoms with Gasteiger partial charge in [-0.1, -0.05) is 27.2 Å². The molecular weight excluding hydrogens is 224 g/mol. The van der Waals surface area contributed by atoms with Gasteiger partial charge < -0.3 is 10.6 Å². The van der Waals surface area contributed by atoms with E-state index in [1.165, 1.54) is 0 Å². The van der Waals surface area contributed by atoms with Crippen molar-refractivity contribution in [3.05, 3.63) is 0 Å². The molecule has 0 aliphatic rings. The molecule has 0 aromatic rings. The van der Waals surface area contributed by atoms with Crippen LogP contribution in [0.4, 0.5) is 0 Å². The van der Waals surface area contributed by atoms with Crippen LogP contribution in [0.5, 0.6) is 0 Å². The summed E-state index contributed by atoms with van der Waals surface area (Å²) in [6.07, 6.45) is 3.10. The van der Waals surface area contributed by atoms with Crippen LogP contribution in [0.15, 0.2) is 0 Å². The van der Waals surface area contributed by atoms with Gasteiger partial charge in [-0.25, -0.2) is 0 Å². The van der Waals surface area contributed by atoms with E-state index in [4.69, 9.17) is 0 Å². The second kappa shape index (κ2) is 7.78. The number of hydrogen-bond donors (Lipinski definition) is 2. The maximum atomic E-state index is 12.4. The lowest BCUT2D eigenvalue weighted by atomic mass is 9.88. The predicted molar refractivity (Wildman–Crippen MR) is 78.6 cm³/mol. The first kappa shape index (κ1) is 17.4. The fraction of sp³-hybridized carbons (Fsp3) is 0.933. The molecule has 3 heteroatoms. The molecule has 0 saturated heterocycles. The minimum Gasteiger partial charge on any atom is -0.352 e. The van der Waals surface area contributed by atoms with Crippen LogP contribution in [0.3, 0.4) is 0 Å². The molecule has 0 aliphatic carbocycles. The molecule has 0 heterocycles. The maximum Gasteiger partial charge on any atom is 0.240 e. The van der Waals surface area contributed by atoms with Gasteiger partial charge in [0.2, 0.25) is 5.91 Å². The van der Waals surface area contributed by atoms with Gasteiger partial charge in [-0.05, 0) is 46.5 Å². The van der Waals surface area contributed by atoms with Gasteiger partial charge in [0.25, 0.3) is 0 Å². The van der Waals surface area contributed by atoms with E-state index < -0.39 is 5.54 Å². The predicted octanol–water partition coefficient (Wildman–Crippen LogP) is 3.09. The van der Waals surface area contributed by atoms with Gasteiger partial charge in [0, 0.05) is 12.1 Å². The van der Waals surface area contributed by atoms with Crippen LogP contribution in [0.1, 0.15) is 67.7 Å². The molecular formula is C15H32N2O. The smallest absolute Gasteiger partial charge is 0.240 e. The normalized spacial score (nSPS) is 16.7. The van der Waals surface area contributed by atoms with Crippen molar-refractivity contribution < 1.29 is 4.79 Å². The summed E-state index contributed by atoms with van der Waals surface area (Å²) >= 11 is 0. The highest BCUT2D eigenvalue weighted by Gasteiger charge is 2.34. The highest BCUT2D eigenvalue weighted by Crippen LogP contribution is 2.19. The SMILES string of the molecule is CCCC(C)NC(C)(CC(C)C)C(=O)NC(C)C. The Balaban J connectivity index is 4.75. The third kappa shape index (κ3) is 6.39. The minimum atomic E-state index is -0.465. The molecule has 0 aliphatic heterocycles. The molecule has 0 aromatic carbocycles. The van der Waals surface area contributed by atoms with Gasteiger partial charge in [0.05, 0.1) is 5.54 Å². The van der Waals surface area contributed by atoms with Crippen LogP contribution >= 0.6 is 0 Å². The van der Waals surface area contributed by atoms with Crippen LogP contribution in [-0.2, 0) is 4.79 Å². The lowest BCUT2D eigenvalue weighted by Crippen LogP contribution is -2.59. The van der Waals surface area contributed by atoms with Gasteiger partial charge >= 0.3 is 0 Å². The highest BCUT2D eigenvalue weighted by atomic mass is 16.2. The van der Waals surface area contributed by atoms with Gasteiger partial charge in [-0.3, -0.25) is 4.79 Å². The van der Waals surface area contributed by atoms with E-state index >= 15 is 0 Å². The first-order chi connectivity index (χ1) is 8.21. The molecule has 0 rings (SSSR count). The molecule has 108 valence electrons. The molecule has 2 atom stereocenters. The van der Waals surface area contributed by atoms with Crippen LogP contribution in [0.25, 0.3) is 0 Å². The Labute approximate surface area is 113 Å². The standard InChI is InChI=1S/C15H32N2O/c1-8-9-13(6)17-15(7,10-11(2)3)14(18)16-12(4)5/h11-13,17H,8-10H2,1-7H3,(H,16,18). The van der Waals surface area contributed by atoms with Gasteiger partial charge in [0.15, 0.2) is 0 Å². The summed E-state index contributed by atoms with van der Waals surface area (Å²) in [5.41, 5.74) is -0.465. The fourth-order valence-electron chi connectivity index (χ4n) is 2.50. The van der Waals surface area contributed by atoms with E-state index in [1.54, 1.807) is 0 Å². The van der Waals surface area contributed by atoms with Crippen molar-refractivity contribution in [2.75, 3.05) is 0 Å². The summed E-state index contributed by atoms with van der Waals surface area (Å²) < 4.78 is 0. The van der Waals surface area contributed by atoms with E-state index in [0.29, 0.717) is 12.0 Å².